The van der Waals surface area contributed by atoms with Crippen LogP contribution in [0.1, 0.15) is 25.3 Å². The molecule has 0 aliphatic heterocycles. The van der Waals surface area contributed by atoms with E-state index in [2.05, 4.69) is 13.8 Å². The molecule has 0 radical (unpaired) electrons. The first-order valence-electron chi connectivity index (χ1n) is 5.10. The maximum atomic E-state index is 5.39. The van der Waals surface area contributed by atoms with Crippen LogP contribution in [0.15, 0.2) is 24.3 Å². The SMILES string of the molecule is CCCCOCOc1ccc(C)cc1. The van der Waals surface area contributed by atoms with E-state index < -0.39 is 0 Å². The fourth-order valence-corrected chi connectivity index (χ4v) is 1.05. The van der Waals surface area contributed by atoms with Gasteiger partial charge in [0.05, 0.1) is 6.61 Å². The van der Waals surface area contributed by atoms with Crippen LogP contribution in [0.5, 0.6) is 5.75 Å². The molecule has 0 aliphatic carbocycles. The van der Waals surface area contributed by atoms with E-state index in [1.807, 2.05) is 24.3 Å². The van der Waals surface area contributed by atoms with E-state index in [1.54, 1.807) is 0 Å². The van der Waals surface area contributed by atoms with E-state index in [-0.39, 0.29) is 0 Å². The van der Waals surface area contributed by atoms with Crippen LogP contribution in [0.2, 0.25) is 0 Å². The average Bonchev–Trinajstić information content (AvgIpc) is 2.21. The highest BCUT2D eigenvalue weighted by molar-refractivity contribution is 5.26. The molecule has 2 heteroatoms. The van der Waals surface area contributed by atoms with Crippen LogP contribution >= 0.6 is 0 Å². The van der Waals surface area contributed by atoms with Crippen molar-refractivity contribution in [2.45, 2.75) is 26.7 Å². The molecular formula is C12H18O2. The van der Waals surface area contributed by atoms with Gasteiger partial charge < -0.3 is 9.47 Å². The van der Waals surface area contributed by atoms with Gasteiger partial charge in [-0.25, -0.2) is 0 Å². The van der Waals surface area contributed by atoms with Gasteiger partial charge in [0.2, 0.25) is 0 Å². The molecule has 0 aromatic heterocycles. The average molecular weight is 194 g/mol. The van der Waals surface area contributed by atoms with Gasteiger partial charge in [-0.1, -0.05) is 31.0 Å². The Kier molecular flexibility index (Phi) is 5.08. The number of unbranched alkanes of at least 4 members (excludes halogenated alkanes) is 1. The lowest BCUT2D eigenvalue weighted by atomic mass is 10.2. The van der Waals surface area contributed by atoms with Crippen LogP contribution in [-0.2, 0) is 4.74 Å². The minimum Gasteiger partial charge on any atom is -0.468 e. The van der Waals surface area contributed by atoms with E-state index >= 15 is 0 Å². The van der Waals surface area contributed by atoms with Gasteiger partial charge in [0.25, 0.3) is 0 Å². The van der Waals surface area contributed by atoms with E-state index in [4.69, 9.17) is 9.47 Å². The monoisotopic (exact) mass is 194 g/mol. The van der Waals surface area contributed by atoms with Crippen LogP contribution in [-0.4, -0.2) is 13.4 Å². The Morgan fingerprint density at radius 1 is 1.14 bits per heavy atom. The van der Waals surface area contributed by atoms with E-state index in [1.165, 1.54) is 5.56 Å². The smallest absolute Gasteiger partial charge is 0.189 e. The van der Waals surface area contributed by atoms with Crippen LogP contribution in [0, 0.1) is 6.92 Å². The molecule has 1 rings (SSSR count). The molecule has 0 saturated heterocycles. The molecular weight excluding hydrogens is 176 g/mol. The molecule has 0 amide bonds. The highest BCUT2D eigenvalue weighted by Crippen LogP contribution is 2.11. The predicted molar refractivity (Wildman–Crippen MR) is 57.5 cm³/mol. The molecule has 0 N–H and O–H groups in total. The maximum absolute atomic E-state index is 5.39. The number of benzene rings is 1. The zero-order valence-electron chi connectivity index (χ0n) is 8.95. The Morgan fingerprint density at radius 2 is 1.86 bits per heavy atom. The summed E-state index contributed by atoms with van der Waals surface area (Å²) in [6.45, 7) is 5.33. The quantitative estimate of drug-likeness (QED) is 0.511. The molecule has 0 unspecified atom stereocenters. The van der Waals surface area contributed by atoms with Gasteiger partial charge in [0, 0.05) is 0 Å². The first-order valence-corrected chi connectivity index (χ1v) is 5.10. The summed E-state index contributed by atoms with van der Waals surface area (Å²) >= 11 is 0. The third-order valence-corrected chi connectivity index (χ3v) is 1.97. The van der Waals surface area contributed by atoms with Crippen molar-refractivity contribution < 1.29 is 9.47 Å². The first kappa shape index (κ1) is 11.1. The Hall–Kier alpha value is -1.02. The molecule has 0 spiro atoms. The molecule has 1 aromatic carbocycles. The van der Waals surface area contributed by atoms with Crippen molar-refractivity contribution >= 4 is 0 Å². The molecule has 1 aromatic rings. The number of hydrogen-bond acceptors (Lipinski definition) is 2. The Bertz CT molecular complexity index is 241. The number of ether oxygens (including phenoxy) is 2. The van der Waals surface area contributed by atoms with Crippen molar-refractivity contribution in [2.75, 3.05) is 13.4 Å². The minimum absolute atomic E-state index is 0.350. The highest BCUT2D eigenvalue weighted by Gasteiger charge is 1.92. The Morgan fingerprint density at radius 3 is 2.50 bits per heavy atom. The topological polar surface area (TPSA) is 18.5 Å². The molecule has 0 aliphatic rings. The van der Waals surface area contributed by atoms with E-state index in [0.29, 0.717) is 6.79 Å². The van der Waals surface area contributed by atoms with Gasteiger partial charge in [-0.15, -0.1) is 0 Å². The fraction of sp³-hybridized carbons (Fsp3) is 0.500. The molecule has 0 bridgehead atoms. The molecule has 2 nitrogen and oxygen atoms in total. The van der Waals surface area contributed by atoms with Crippen molar-refractivity contribution in [1.29, 1.82) is 0 Å². The number of rotatable bonds is 6. The van der Waals surface area contributed by atoms with Crippen LogP contribution in [0.25, 0.3) is 0 Å². The standard InChI is InChI=1S/C12H18O2/c1-3-4-9-13-10-14-12-7-5-11(2)6-8-12/h5-8H,3-4,9-10H2,1-2H3. The summed E-state index contributed by atoms with van der Waals surface area (Å²) in [7, 11) is 0. The van der Waals surface area contributed by atoms with Crippen molar-refractivity contribution in [3.63, 3.8) is 0 Å². The van der Waals surface area contributed by atoms with Gasteiger partial charge in [-0.2, -0.15) is 0 Å². The highest BCUT2D eigenvalue weighted by atomic mass is 16.7. The summed E-state index contributed by atoms with van der Waals surface area (Å²) in [5, 5.41) is 0. The summed E-state index contributed by atoms with van der Waals surface area (Å²) in [4.78, 5) is 0. The van der Waals surface area contributed by atoms with Gasteiger partial charge >= 0.3 is 0 Å². The van der Waals surface area contributed by atoms with Crippen LogP contribution < -0.4 is 4.74 Å². The van der Waals surface area contributed by atoms with E-state index in [0.717, 1.165) is 25.2 Å². The summed E-state index contributed by atoms with van der Waals surface area (Å²) in [5.74, 6) is 0.868. The van der Waals surface area contributed by atoms with Gasteiger partial charge in [0.1, 0.15) is 5.75 Å². The molecule has 0 atom stereocenters. The molecule has 14 heavy (non-hydrogen) atoms. The zero-order valence-corrected chi connectivity index (χ0v) is 8.95. The summed E-state index contributed by atoms with van der Waals surface area (Å²) in [6, 6.07) is 7.97. The number of aryl methyl sites for hydroxylation is 1. The predicted octanol–water partition coefficient (Wildman–Crippen LogP) is 3.15. The van der Waals surface area contributed by atoms with Crippen molar-refractivity contribution in [1.82, 2.24) is 0 Å². The Labute approximate surface area is 85.8 Å². The molecule has 0 fully saturated rings. The fourth-order valence-electron chi connectivity index (χ4n) is 1.05. The van der Waals surface area contributed by atoms with Crippen molar-refractivity contribution in [3.8, 4) is 5.75 Å². The largest absolute Gasteiger partial charge is 0.468 e. The second kappa shape index (κ2) is 6.44. The van der Waals surface area contributed by atoms with Crippen molar-refractivity contribution in [3.05, 3.63) is 29.8 Å². The number of hydrogen-bond donors (Lipinski definition) is 0. The zero-order chi connectivity index (χ0) is 10.2. The molecule has 0 heterocycles. The normalized spacial score (nSPS) is 10.1. The van der Waals surface area contributed by atoms with Crippen molar-refractivity contribution in [2.24, 2.45) is 0 Å². The summed E-state index contributed by atoms with van der Waals surface area (Å²) in [6.07, 6.45) is 2.25. The maximum Gasteiger partial charge on any atom is 0.189 e. The summed E-state index contributed by atoms with van der Waals surface area (Å²) in [5.41, 5.74) is 1.24. The lowest BCUT2D eigenvalue weighted by molar-refractivity contribution is 0.0140. The van der Waals surface area contributed by atoms with Crippen LogP contribution in [0.3, 0.4) is 0 Å². The lowest BCUT2D eigenvalue weighted by Gasteiger charge is -2.06. The second-order valence-electron chi connectivity index (χ2n) is 3.34. The van der Waals surface area contributed by atoms with Gasteiger partial charge in [0.15, 0.2) is 6.79 Å². The van der Waals surface area contributed by atoms with E-state index in [9.17, 15) is 0 Å². The molecule has 78 valence electrons. The molecule has 0 saturated carbocycles. The lowest BCUT2D eigenvalue weighted by Crippen LogP contribution is -2.03. The second-order valence-corrected chi connectivity index (χ2v) is 3.34. The third-order valence-electron chi connectivity index (χ3n) is 1.97. The van der Waals surface area contributed by atoms with Gasteiger partial charge in [-0.3, -0.25) is 0 Å². The van der Waals surface area contributed by atoms with Crippen LogP contribution in [0.4, 0.5) is 0 Å². The Balaban J connectivity index is 2.15. The first-order chi connectivity index (χ1) is 6.83. The third kappa shape index (κ3) is 4.28. The summed E-state index contributed by atoms with van der Waals surface area (Å²) < 4.78 is 10.7. The van der Waals surface area contributed by atoms with Gasteiger partial charge in [-0.05, 0) is 25.5 Å². The minimum atomic E-state index is 0.350.